The Kier molecular flexibility index (Phi) is 4.83. The third kappa shape index (κ3) is 4.44. The first kappa shape index (κ1) is 14.6. The van der Waals surface area contributed by atoms with Crippen molar-refractivity contribution in [2.24, 2.45) is 0 Å². The smallest absolute Gasteiger partial charge is 0.326 e. The highest BCUT2D eigenvalue weighted by Crippen LogP contribution is 2.46. The molecule has 0 radical (unpaired) electrons. The molecule has 1 aliphatic rings. The van der Waals surface area contributed by atoms with E-state index in [0.29, 0.717) is 6.54 Å². The van der Waals surface area contributed by atoms with Crippen LogP contribution in [0.3, 0.4) is 0 Å². The van der Waals surface area contributed by atoms with Gasteiger partial charge < -0.3 is 20.8 Å². The van der Waals surface area contributed by atoms with Crippen molar-refractivity contribution in [3.05, 3.63) is 0 Å². The van der Waals surface area contributed by atoms with Crippen LogP contribution >= 0.6 is 11.8 Å². The number of amides is 2. The summed E-state index contributed by atoms with van der Waals surface area (Å²) in [6, 6.07) is -2.06. The van der Waals surface area contributed by atoms with Crippen molar-refractivity contribution in [2.45, 2.75) is 30.1 Å². The summed E-state index contributed by atoms with van der Waals surface area (Å²) in [4.78, 5) is 32.6. The van der Waals surface area contributed by atoms with Crippen molar-refractivity contribution >= 4 is 29.7 Å². The van der Waals surface area contributed by atoms with Crippen LogP contribution in [0.4, 0.5) is 4.79 Å². The monoisotopic (exact) mass is 276 g/mol. The molecule has 102 valence electrons. The quantitative estimate of drug-likeness (QED) is 0.524. The number of carbonyl (C=O) groups is 3. The molecule has 0 heterocycles. The number of urea groups is 1. The third-order valence-electron chi connectivity index (χ3n) is 2.79. The SMILES string of the molecule is CSC1(CNC(=O)N[C@@H](CC(=O)O)C(=O)O)CC1. The van der Waals surface area contributed by atoms with Crippen LogP contribution in [0.25, 0.3) is 0 Å². The zero-order chi connectivity index (χ0) is 13.8. The van der Waals surface area contributed by atoms with Gasteiger partial charge in [-0.15, -0.1) is 0 Å². The van der Waals surface area contributed by atoms with Crippen LogP contribution in [0, 0.1) is 0 Å². The average molecular weight is 276 g/mol. The van der Waals surface area contributed by atoms with Crippen LogP contribution < -0.4 is 10.6 Å². The van der Waals surface area contributed by atoms with Crippen LogP contribution in [-0.2, 0) is 9.59 Å². The summed E-state index contributed by atoms with van der Waals surface area (Å²) in [6.45, 7) is 0.458. The number of carboxylic acids is 2. The Hall–Kier alpha value is -1.44. The van der Waals surface area contributed by atoms with Gasteiger partial charge in [-0.3, -0.25) is 4.79 Å². The van der Waals surface area contributed by atoms with Gasteiger partial charge in [0, 0.05) is 11.3 Å². The molecule has 1 rings (SSSR count). The fourth-order valence-electron chi connectivity index (χ4n) is 1.42. The topological polar surface area (TPSA) is 116 Å². The highest BCUT2D eigenvalue weighted by atomic mass is 32.2. The predicted molar refractivity (Wildman–Crippen MR) is 65.7 cm³/mol. The van der Waals surface area contributed by atoms with E-state index in [-0.39, 0.29) is 4.75 Å². The molecule has 0 aromatic heterocycles. The molecule has 0 spiro atoms. The maximum atomic E-state index is 11.4. The van der Waals surface area contributed by atoms with Crippen molar-refractivity contribution in [1.82, 2.24) is 10.6 Å². The number of carboxylic acid groups (broad SMARTS) is 2. The third-order valence-corrected chi connectivity index (χ3v) is 4.21. The van der Waals surface area contributed by atoms with Gasteiger partial charge in [0.2, 0.25) is 0 Å². The summed E-state index contributed by atoms with van der Waals surface area (Å²) in [6.07, 6.45) is 3.35. The van der Waals surface area contributed by atoms with Gasteiger partial charge in [0.25, 0.3) is 0 Å². The van der Waals surface area contributed by atoms with Crippen LogP contribution in [-0.4, -0.2) is 51.8 Å². The highest BCUT2D eigenvalue weighted by Gasteiger charge is 2.42. The Morgan fingerprint density at radius 3 is 2.33 bits per heavy atom. The summed E-state index contributed by atoms with van der Waals surface area (Å²) in [5.74, 6) is -2.64. The van der Waals surface area contributed by atoms with Crippen LogP contribution in [0.2, 0.25) is 0 Å². The zero-order valence-corrected chi connectivity index (χ0v) is 10.7. The Morgan fingerprint density at radius 1 is 1.33 bits per heavy atom. The molecule has 2 amide bonds. The highest BCUT2D eigenvalue weighted by molar-refractivity contribution is 8.00. The van der Waals surface area contributed by atoms with Gasteiger partial charge in [-0.25, -0.2) is 9.59 Å². The molecule has 0 aromatic rings. The minimum absolute atomic E-state index is 0.0723. The van der Waals surface area contributed by atoms with Gasteiger partial charge >= 0.3 is 18.0 Å². The molecule has 0 saturated heterocycles. The molecule has 1 atom stereocenters. The molecule has 0 aliphatic heterocycles. The second kappa shape index (κ2) is 5.94. The number of nitrogens with one attached hydrogen (secondary N) is 2. The fourth-order valence-corrected chi connectivity index (χ4v) is 2.14. The van der Waals surface area contributed by atoms with Gasteiger partial charge in [-0.2, -0.15) is 11.8 Å². The van der Waals surface area contributed by atoms with Crippen molar-refractivity contribution in [1.29, 1.82) is 0 Å². The lowest BCUT2D eigenvalue weighted by atomic mass is 10.2. The molecular weight excluding hydrogens is 260 g/mol. The van der Waals surface area contributed by atoms with E-state index in [9.17, 15) is 14.4 Å². The van der Waals surface area contributed by atoms with E-state index in [1.165, 1.54) is 0 Å². The minimum atomic E-state index is -1.41. The fraction of sp³-hybridized carbons (Fsp3) is 0.700. The van der Waals surface area contributed by atoms with Gasteiger partial charge in [0.05, 0.1) is 6.42 Å². The van der Waals surface area contributed by atoms with Crippen LogP contribution in [0.15, 0.2) is 0 Å². The number of thioether (sulfide) groups is 1. The van der Waals surface area contributed by atoms with Crippen LogP contribution in [0.5, 0.6) is 0 Å². The lowest BCUT2D eigenvalue weighted by Gasteiger charge is -2.16. The average Bonchev–Trinajstić information content (AvgIpc) is 3.05. The van der Waals surface area contributed by atoms with Crippen molar-refractivity contribution in [2.75, 3.05) is 12.8 Å². The number of hydrogen-bond donors (Lipinski definition) is 4. The van der Waals surface area contributed by atoms with Gasteiger partial charge in [0.1, 0.15) is 6.04 Å². The number of rotatable bonds is 7. The lowest BCUT2D eigenvalue weighted by Crippen LogP contribution is -2.48. The summed E-state index contributed by atoms with van der Waals surface area (Å²) >= 11 is 1.66. The lowest BCUT2D eigenvalue weighted by molar-refractivity contribution is -0.145. The molecule has 8 heteroatoms. The van der Waals surface area contributed by atoms with E-state index in [1.807, 2.05) is 6.26 Å². The number of hydrogen-bond acceptors (Lipinski definition) is 4. The van der Waals surface area contributed by atoms with E-state index in [4.69, 9.17) is 10.2 Å². The van der Waals surface area contributed by atoms with Crippen molar-refractivity contribution in [3.8, 4) is 0 Å². The molecule has 1 fully saturated rings. The van der Waals surface area contributed by atoms with Crippen molar-refractivity contribution in [3.63, 3.8) is 0 Å². The molecule has 0 unspecified atom stereocenters. The van der Waals surface area contributed by atoms with E-state index in [2.05, 4.69) is 10.6 Å². The van der Waals surface area contributed by atoms with E-state index in [1.54, 1.807) is 11.8 Å². The normalized spacial score (nSPS) is 17.6. The van der Waals surface area contributed by atoms with E-state index >= 15 is 0 Å². The van der Waals surface area contributed by atoms with E-state index < -0.39 is 30.4 Å². The number of carbonyl (C=O) groups excluding carboxylic acids is 1. The van der Waals surface area contributed by atoms with Gasteiger partial charge in [-0.05, 0) is 19.1 Å². The summed E-state index contributed by atoms with van der Waals surface area (Å²) in [5.41, 5.74) is 0. The molecule has 1 saturated carbocycles. The Bertz CT molecular complexity index is 356. The Morgan fingerprint density at radius 2 is 1.94 bits per heavy atom. The first-order valence-electron chi connectivity index (χ1n) is 5.43. The largest absolute Gasteiger partial charge is 0.481 e. The molecule has 1 aliphatic carbocycles. The molecule has 0 aromatic carbocycles. The van der Waals surface area contributed by atoms with Gasteiger partial charge in [-0.1, -0.05) is 0 Å². The molecule has 18 heavy (non-hydrogen) atoms. The number of aliphatic carboxylic acids is 2. The molecule has 4 N–H and O–H groups in total. The Labute approximate surface area is 108 Å². The second-order valence-corrected chi connectivity index (χ2v) is 5.48. The van der Waals surface area contributed by atoms with Crippen molar-refractivity contribution < 1.29 is 24.6 Å². The molecule has 7 nitrogen and oxygen atoms in total. The summed E-state index contributed by atoms with van der Waals surface area (Å²) < 4.78 is 0.0723. The Balaban J connectivity index is 2.36. The minimum Gasteiger partial charge on any atom is -0.481 e. The van der Waals surface area contributed by atoms with E-state index in [0.717, 1.165) is 12.8 Å². The van der Waals surface area contributed by atoms with Crippen LogP contribution in [0.1, 0.15) is 19.3 Å². The molecule has 0 bridgehead atoms. The standard InChI is InChI=1S/C10H16N2O5S/c1-18-10(2-3-10)5-11-9(17)12-6(8(15)16)4-7(13)14/h6H,2-5H2,1H3,(H,13,14)(H,15,16)(H2,11,12,17)/t6-/m0/s1. The second-order valence-electron chi connectivity index (χ2n) is 4.20. The maximum absolute atomic E-state index is 11.4. The van der Waals surface area contributed by atoms with Gasteiger partial charge in [0.15, 0.2) is 0 Å². The molecular formula is C10H16N2O5S. The summed E-state index contributed by atoms with van der Waals surface area (Å²) in [7, 11) is 0. The first-order valence-corrected chi connectivity index (χ1v) is 6.65. The predicted octanol–water partition coefficient (Wildman–Crippen LogP) is 0.109. The maximum Gasteiger partial charge on any atom is 0.326 e. The summed E-state index contributed by atoms with van der Waals surface area (Å²) in [5, 5.41) is 22.0. The first-order chi connectivity index (χ1) is 8.38. The zero-order valence-electron chi connectivity index (χ0n) is 9.93.